The van der Waals surface area contributed by atoms with Gasteiger partial charge in [0.1, 0.15) is 6.04 Å². The van der Waals surface area contributed by atoms with Gasteiger partial charge in [-0.1, -0.05) is 28.9 Å². The van der Waals surface area contributed by atoms with Gasteiger partial charge in [-0.05, 0) is 24.6 Å². The summed E-state index contributed by atoms with van der Waals surface area (Å²) in [6.07, 6.45) is 0.662. The van der Waals surface area contributed by atoms with E-state index in [0.717, 1.165) is 17.1 Å². The molecule has 7 heteroatoms. The molecule has 1 aromatic heterocycles. The van der Waals surface area contributed by atoms with Crippen LogP contribution in [0.25, 0.3) is 0 Å². The van der Waals surface area contributed by atoms with Crippen LogP contribution in [0.5, 0.6) is 0 Å². The first-order chi connectivity index (χ1) is 9.72. The Labute approximate surface area is 134 Å². The third-order valence-corrected chi connectivity index (χ3v) is 3.59. The van der Waals surface area contributed by atoms with Crippen molar-refractivity contribution in [3.05, 3.63) is 46.6 Å². The van der Waals surface area contributed by atoms with Gasteiger partial charge in [0.2, 0.25) is 5.89 Å². The van der Waals surface area contributed by atoms with Crippen LogP contribution in [-0.2, 0) is 11.2 Å². The maximum Gasteiger partial charge on any atom is 0.246 e. The van der Waals surface area contributed by atoms with Crippen LogP contribution in [0.1, 0.15) is 30.2 Å². The zero-order chi connectivity index (χ0) is 13.9. The van der Waals surface area contributed by atoms with Crippen molar-refractivity contribution >= 4 is 24.0 Å². The molecule has 1 saturated heterocycles. The van der Waals surface area contributed by atoms with E-state index in [4.69, 9.17) is 20.9 Å². The van der Waals surface area contributed by atoms with Crippen LogP contribution in [0.4, 0.5) is 0 Å². The molecular weight excluding hydrogens is 313 g/mol. The number of halogens is 2. The fourth-order valence-corrected chi connectivity index (χ4v) is 2.39. The van der Waals surface area contributed by atoms with Gasteiger partial charge >= 0.3 is 0 Å². The Kier molecular flexibility index (Phi) is 5.58. The molecule has 0 amide bonds. The van der Waals surface area contributed by atoms with Crippen LogP contribution in [0.15, 0.2) is 28.8 Å². The number of hydrogen-bond acceptors (Lipinski definition) is 5. The number of benzene rings is 1. The number of ether oxygens (including phenoxy) is 1. The Morgan fingerprint density at radius 2 is 2.10 bits per heavy atom. The normalized spacial score (nSPS) is 21.8. The van der Waals surface area contributed by atoms with E-state index >= 15 is 0 Å². The molecule has 0 saturated carbocycles. The molecule has 0 unspecified atom stereocenters. The van der Waals surface area contributed by atoms with Crippen LogP contribution < -0.4 is 5.32 Å². The third-order valence-electron chi connectivity index (χ3n) is 3.34. The summed E-state index contributed by atoms with van der Waals surface area (Å²) in [6, 6.07) is 7.61. The smallest absolute Gasteiger partial charge is 0.246 e. The van der Waals surface area contributed by atoms with Crippen LogP contribution in [-0.4, -0.2) is 29.4 Å². The second kappa shape index (κ2) is 7.22. The van der Waals surface area contributed by atoms with Crippen molar-refractivity contribution in [2.75, 3.05) is 13.2 Å². The van der Waals surface area contributed by atoms with E-state index in [1.54, 1.807) is 0 Å². The van der Waals surface area contributed by atoms with E-state index in [9.17, 15) is 0 Å². The summed E-state index contributed by atoms with van der Waals surface area (Å²) < 4.78 is 10.9. The van der Waals surface area contributed by atoms with Gasteiger partial charge in [0.25, 0.3) is 0 Å². The van der Waals surface area contributed by atoms with Gasteiger partial charge in [0.15, 0.2) is 5.82 Å². The molecule has 2 heterocycles. The molecule has 21 heavy (non-hydrogen) atoms. The average molecular weight is 330 g/mol. The molecule has 1 aliphatic heterocycles. The molecule has 1 aliphatic rings. The average Bonchev–Trinajstić information content (AvgIpc) is 2.90. The van der Waals surface area contributed by atoms with Crippen molar-refractivity contribution in [2.24, 2.45) is 0 Å². The van der Waals surface area contributed by atoms with Crippen LogP contribution in [0.2, 0.25) is 5.02 Å². The quantitative estimate of drug-likeness (QED) is 0.938. The van der Waals surface area contributed by atoms with Crippen molar-refractivity contribution < 1.29 is 9.26 Å². The highest BCUT2D eigenvalue weighted by Crippen LogP contribution is 2.21. The van der Waals surface area contributed by atoms with E-state index in [1.165, 1.54) is 0 Å². The highest BCUT2D eigenvalue weighted by Gasteiger charge is 2.28. The van der Waals surface area contributed by atoms with Crippen LogP contribution in [0, 0.1) is 0 Å². The highest BCUT2D eigenvalue weighted by atomic mass is 35.5. The van der Waals surface area contributed by atoms with Crippen LogP contribution in [0.3, 0.4) is 0 Å². The molecule has 0 bridgehead atoms. The maximum absolute atomic E-state index is 5.86. The van der Waals surface area contributed by atoms with Crippen molar-refractivity contribution in [2.45, 2.75) is 25.5 Å². The SMILES string of the molecule is C[C@H]1OCCN[C@@H]1c1nc(Cc2ccc(Cl)cc2)no1.Cl. The van der Waals surface area contributed by atoms with Crippen LogP contribution >= 0.6 is 24.0 Å². The first kappa shape index (κ1) is 16.2. The monoisotopic (exact) mass is 329 g/mol. The van der Waals surface area contributed by atoms with Gasteiger partial charge in [-0.3, -0.25) is 0 Å². The lowest BCUT2D eigenvalue weighted by Crippen LogP contribution is -2.40. The largest absolute Gasteiger partial charge is 0.375 e. The summed E-state index contributed by atoms with van der Waals surface area (Å²) >= 11 is 5.86. The zero-order valence-corrected chi connectivity index (χ0v) is 13.2. The predicted octanol–water partition coefficient (Wildman–Crippen LogP) is 2.79. The Morgan fingerprint density at radius 1 is 1.33 bits per heavy atom. The summed E-state index contributed by atoms with van der Waals surface area (Å²) in [7, 11) is 0. The molecule has 1 fully saturated rings. The summed E-state index contributed by atoms with van der Waals surface area (Å²) in [4.78, 5) is 4.45. The van der Waals surface area contributed by atoms with Crippen molar-refractivity contribution in [1.82, 2.24) is 15.5 Å². The second-order valence-electron chi connectivity index (χ2n) is 4.86. The number of morpholine rings is 1. The minimum atomic E-state index is -0.0322. The molecule has 114 valence electrons. The Bertz CT molecular complexity index is 574. The number of nitrogens with one attached hydrogen (secondary N) is 1. The van der Waals surface area contributed by atoms with Crippen molar-refractivity contribution in [1.29, 1.82) is 0 Å². The minimum Gasteiger partial charge on any atom is -0.375 e. The molecule has 2 atom stereocenters. The van der Waals surface area contributed by atoms with Gasteiger partial charge in [0.05, 0.1) is 12.7 Å². The molecular formula is C14H17Cl2N3O2. The lowest BCUT2D eigenvalue weighted by molar-refractivity contribution is -0.00136. The number of hydrogen-bond donors (Lipinski definition) is 1. The Morgan fingerprint density at radius 3 is 2.81 bits per heavy atom. The van der Waals surface area contributed by atoms with E-state index in [2.05, 4.69) is 15.5 Å². The lowest BCUT2D eigenvalue weighted by Gasteiger charge is -2.27. The predicted molar refractivity (Wildman–Crippen MR) is 82.0 cm³/mol. The zero-order valence-electron chi connectivity index (χ0n) is 11.6. The number of nitrogens with zero attached hydrogens (tertiary/aromatic N) is 2. The molecule has 2 aromatic rings. The Balaban J connectivity index is 0.00000161. The van der Waals surface area contributed by atoms with E-state index in [-0.39, 0.29) is 24.6 Å². The van der Waals surface area contributed by atoms with E-state index in [1.807, 2.05) is 31.2 Å². The van der Waals surface area contributed by atoms with Gasteiger partial charge in [-0.25, -0.2) is 0 Å². The number of aromatic nitrogens is 2. The molecule has 3 rings (SSSR count). The van der Waals surface area contributed by atoms with Gasteiger partial charge < -0.3 is 14.6 Å². The summed E-state index contributed by atoms with van der Waals surface area (Å²) in [5, 5.41) is 8.08. The third kappa shape index (κ3) is 3.95. The van der Waals surface area contributed by atoms with Crippen molar-refractivity contribution in [3.8, 4) is 0 Å². The molecule has 0 spiro atoms. The first-order valence-electron chi connectivity index (χ1n) is 6.64. The second-order valence-corrected chi connectivity index (χ2v) is 5.30. The van der Waals surface area contributed by atoms with Crippen molar-refractivity contribution in [3.63, 3.8) is 0 Å². The molecule has 1 N–H and O–H groups in total. The fourth-order valence-electron chi connectivity index (χ4n) is 2.26. The molecule has 1 aromatic carbocycles. The van der Waals surface area contributed by atoms with Gasteiger partial charge in [-0.15, -0.1) is 12.4 Å². The first-order valence-corrected chi connectivity index (χ1v) is 7.02. The summed E-state index contributed by atoms with van der Waals surface area (Å²) in [6.45, 7) is 3.51. The van der Waals surface area contributed by atoms with Gasteiger partial charge in [-0.2, -0.15) is 4.98 Å². The number of rotatable bonds is 3. The fraction of sp³-hybridized carbons (Fsp3) is 0.429. The lowest BCUT2D eigenvalue weighted by atomic mass is 10.1. The summed E-state index contributed by atoms with van der Waals surface area (Å²) in [5.74, 6) is 1.25. The standard InChI is InChI=1S/C14H16ClN3O2.ClH/c1-9-13(16-6-7-19-9)14-17-12(18-20-14)8-10-2-4-11(15)5-3-10;/h2-5,9,13,16H,6-8H2,1H3;1H/t9-,13+;/m1./s1. The summed E-state index contributed by atoms with van der Waals surface area (Å²) in [5.41, 5.74) is 1.10. The molecule has 0 radical (unpaired) electrons. The topological polar surface area (TPSA) is 60.2 Å². The Hall–Kier alpha value is -1.14. The maximum atomic E-state index is 5.86. The van der Waals surface area contributed by atoms with E-state index in [0.29, 0.717) is 24.7 Å². The molecule has 5 nitrogen and oxygen atoms in total. The van der Waals surface area contributed by atoms with Gasteiger partial charge in [0, 0.05) is 18.0 Å². The minimum absolute atomic E-state index is 0. The highest BCUT2D eigenvalue weighted by molar-refractivity contribution is 6.30. The van der Waals surface area contributed by atoms with E-state index < -0.39 is 0 Å². The molecule has 0 aliphatic carbocycles.